The third-order valence-corrected chi connectivity index (χ3v) is 7.46. The summed E-state index contributed by atoms with van der Waals surface area (Å²) in [6.45, 7) is 0. The molecule has 0 aliphatic rings. The average molecular weight is 509 g/mol. The fraction of sp³-hybridized carbons (Fsp3) is 0. The summed E-state index contributed by atoms with van der Waals surface area (Å²) in [6, 6.07) is 10.4. The van der Waals surface area contributed by atoms with Crippen LogP contribution in [0.5, 0.6) is 0 Å². The van der Waals surface area contributed by atoms with Gasteiger partial charge in [-0.25, -0.2) is 23.5 Å². The molecular weight excluding hydrogens is 496 g/mol. The van der Waals surface area contributed by atoms with Crippen LogP contribution in [0.2, 0.25) is 5.02 Å². The Hall–Kier alpha value is -3.10. The van der Waals surface area contributed by atoms with E-state index in [4.69, 9.17) is 22.5 Å². The Morgan fingerprint density at radius 1 is 1.12 bits per heavy atom. The van der Waals surface area contributed by atoms with Crippen molar-refractivity contribution in [1.29, 1.82) is 0 Å². The molecule has 0 bridgehead atoms. The molecule has 0 unspecified atom stereocenters. The summed E-state index contributed by atoms with van der Waals surface area (Å²) in [5.41, 5.74) is 7.57. The number of halogens is 1. The summed E-state index contributed by atoms with van der Waals surface area (Å²) in [6.07, 6.45) is 0. The monoisotopic (exact) mass is 508 g/mol. The van der Waals surface area contributed by atoms with Gasteiger partial charge in [-0.05, 0) is 30.3 Å². The van der Waals surface area contributed by atoms with Crippen molar-refractivity contribution in [1.82, 2.24) is 9.97 Å². The number of benzene rings is 2. The molecule has 4 rings (SSSR count). The highest BCUT2D eigenvalue weighted by Crippen LogP contribution is 2.40. The van der Waals surface area contributed by atoms with Gasteiger partial charge in [-0.2, -0.15) is 0 Å². The van der Waals surface area contributed by atoms with Gasteiger partial charge in [0.1, 0.15) is 20.7 Å². The second-order valence-electron chi connectivity index (χ2n) is 6.39. The lowest BCUT2D eigenvalue weighted by Gasteiger charge is -2.03. The van der Waals surface area contributed by atoms with Crippen molar-refractivity contribution in [3.63, 3.8) is 0 Å². The minimum Gasteiger partial charge on any atom is -0.382 e. The van der Waals surface area contributed by atoms with Crippen LogP contribution in [-0.2, 0) is 10.0 Å². The van der Waals surface area contributed by atoms with Gasteiger partial charge in [-0.1, -0.05) is 29.0 Å². The van der Waals surface area contributed by atoms with Crippen molar-refractivity contribution in [2.75, 3.05) is 11.1 Å². The summed E-state index contributed by atoms with van der Waals surface area (Å²) in [5, 5.41) is 22.2. The van der Waals surface area contributed by atoms with E-state index in [2.05, 4.69) is 15.3 Å². The molecule has 0 aliphatic carbocycles. The number of sulfonamides is 1. The summed E-state index contributed by atoms with van der Waals surface area (Å²) in [5.74, 6) is 0.265. The lowest BCUT2D eigenvalue weighted by atomic mass is 10.1. The highest BCUT2D eigenvalue weighted by Gasteiger charge is 2.18. The highest BCUT2D eigenvalue weighted by atomic mass is 35.5. The van der Waals surface area contributed by atoms with Crippen molar-refractivity contribution in [3.05, 3.63) is 63.0 Å². The number of nitrogens with one attached hydrogen (secondary N) is 1. The van der Waals surface area contributed by atoms with Crippen molar-refractivity contribution < 1.29 is 13.3 Å². The van der Waals surface area contributed by atoms with E-state index in [-0.39, 0.29) is 21.4 Å². The Morgan fingerprint density at radius 2 is 1.84 bits per heavy atom. The molecule has 0 aliphatic heterocycles. The lowest BCUT2D eigenvalue weighted by molar-refractivity contribution is -0.384. The number of primary sulfonamides is 1. The first-order valence-corrected chi connectivity index (χ1v) is 12.3. The number of anilines is 3. The molecule has 14 heteroatoms. The van der Waals surface area contributed by atoms with Gasteiger partial charge in [0.2, 0.25) is 10.0 Å². The van der Waals surface area contributed by atoms with Crippen molar-refractivity contribution in [2.45, 2.75) is 4.90 Å². The van der Waals surface area contributed by atoms with Gasteiger partial charge in [0, 0.05) is 22.7 Å². The smallest absolute Gasteiger partial charge is 0.288 e. The topological polar surface area (TPSA) is 167 Å². The number of thiazole rings is 2. The maximum atomic E-state index is 11.4. The van der Waals surface area contributed by atoms with Crippen molar-refractivity contribution >= 4 is 66.6 Å². The predicted molar refractivity (Wildman–Crippen MR) is 126 cm³/mol. The fourth-order valence-electron chi connectivity index (χ4n) is 2.71. The number of nitrogen functional groups attached to an aromatic ring is 1. The van der Waals surface area contributed by atoms with E-state index < -0.39 is 14.9 Å². The van der Waals surface area contributed by atoms with Crippen LogP contribution in [0.3, 0.4) is 0 Å². The third-order valence-electron chi connectivity index (χ3n) is 4.22. The molecular formula is C18H13ClN6O4S3. The van der Waals surface area contributed by atoms with Crippen LogP contribution in [0, 0.1) is 10.1 Å². The number of aromatic nitrogens is 2. The molecule has 2 aromatic carbocycles. The Kier molecular flexibility index (Phi) is 5.83. The van der Waals surface area contributed by atoms with E-state index in [0.29, 0.717) is 32.0 Å². The quantitative estimate of drug-likeness (QED) is 0.253. The Morgan fingerprint density at radius 3 is 2.50 bits per heavy atom. The number of rotatable bonds is 6. The van der Waals surface area contributed by atoms with Gasteiger partial charge in [0.15, 0.2) is 5.13 Å². The van der Waals surface area contributed by atoms with Crippen LogP contribution in [0.1, 0.15) is 0 Å². The van der Waals surface area contributed by atoms with Gasteiger partial charge in [0.25, 0.3) is 5.69 Å². The summed E-state index contributed by atoms with van der Waals surface area (Å²) in [7, 11) is -3.77. The first kappa shape index (κ1) is 22.1. The van der Waals surface area contributed by atoms with E-state index in [1.165, 1.54) is 46.9 Å². The van der Waals surface area contributed by atoms with E-state index in [1.807, 2.05) is 0 Å². The number of hydrogen-bond donors (Lipinski definition) is 3. The maximum absolute atomic E-state index is 11.4. The van der Waals surface area contributed by atoms with Crippen LogP contribution >= 0.6 is 34.3 Å². The number of nitro groups is 1. The molecule has 0 spiro atoms. The highest BCUT2D eigenvalue weighted by molar-refractivity contribution is 7.89. The van der Waals surface area contributed by atoms with E-state index in [9.17, 15) is 18.5 Å². The molecule has 0 atom stereocenters. The van der Waals surface area contributed by atoms with Gasteiger partial charge in [-0.15, -0.1) is 11.3 Å². The Labute approximate surface area is 194 Å². The summed E-state index contributed by atoms with van der Waals surface area (Å²) in [4.78, 5) is 20.0. The average Bonchev–Trinajstić information content (AvgIpc) is 3.34. The normalized spacial score (nSPS) is 11.4. The molecule has 0 amide bonds. The second-order valence-corrected chi connectivity index (χ2v) is 10.2. The zero-order valence-corrected chi connectivity index (χ0v) is 19.1. The number of hydrogen-bond acceptors (Lipinski definition) is 10. The Bertz CT molecular complexity index is 1430. The molecule has 4 aromatic rings. The first-order valence-electron chi connectivity index (χ1n) is 8.68. The predicted octanol–water partition coefficient (Wildman–Crippen LogP) is 4.47. The van der Waals surface area contributed by atoms with Crippen LogP contribution in [0.15, 0.2) is 52.7 Å². The molecule has 0 saturated heterocycles. The second kappa shape index (κ2) is 8.44. The van der Waals surface area contributed by atoms with Gasteiger partial charge in [0.05, 0.1) is 15.5 Å². The number of nitro benzene ring substituents is 1. The molecule has 164 valence electrons. The van der Waals surface area contributed by atoms with Gasteiger partial charge < -0.3 is 11.1 Å². The molecule has 32 heavy (non-hydrogen) atoms. The molecule has 2 aromatic heterocycles. The van der Waals surface area contributed by atoms with Crippen LogP contribution in [0.25, 0.3) is 21.1 Å². The molecule has 0 radical (unpaired) electrons. The Balaban J connectivity index is 1.58. The molecule has 0 fully saturated rings. The molecule has 5 N–H and O–H groups in total. The number of nitrogens with two attached hydrogens (primary N) is 2. The van der Waals surface area contributed by atoms with E-state index >= 15 is 0 Å². The van der Waals surface area contributed by atoms with Gasteiger partial charge >= 0.3 is 0 Å². The first-order chi connectivity index (χ1) is 15.1. The number of nitrogens with zero attached hydrogens (tertiary/aromatic N) is 3. The summed E-state index contributed by atoms with van der Waals surface area (Å²) < 4.78 is 22.7. The lowest BCUT2D eigenvalue weighted by Crippen LogP contribution is -2.11. The van der Waals surface area contributed by atoms with Crippen molar-refractivity contribution in [3.8, 4) is 21.1 Å². The SMILES string of the molecule is Nc1nc(Nc2ccc(S(N)(=O)=O)cc2)sc1-c1nc(-c2ccc(Cl)c([N+](=O)[O-])c2)cs1. The zero-order valence-electron chi connectivity index (χ0n) is 15.9. The molecule has 2 heterocycles. The van der Waals surface area contributed by atoms with Gasteiger partial charge in [-0.3, -0.25) is 10.1 Å². The van der Waals surface area contributed by atoms with E-state index in [0.717, 1.165) is 0 Å². The summed E-state index contributed by atoms with van der Waals surface area (Å²) >= 11 is 8.46. The largest absolute Gasteiger partial charge is 0.382 e. The standard InChI is InChI=1S/C18H13ClN6O4S3/c19-12-6-1-9(7-14(12)25(26)27)13-8-30-17(23-13)15-16(20)24-18(31-15)22-10-2-4-11(5-3-10)32(21,28)29/h1-8H,20H2,(H,22,24)(H2,21,28,29). The van der Waals surface area contributed by atoms with E-state index in [1.54, 1.807) is 23.6 Å². The molecule has 10 nitrogen and oxygen atoms in total. The van der Waals surface area contributed by atoms with Crippen LogP contribution in [-0.4, -0.2) is 23.3 Å². The van der Waals surface area contributed by atoms with Crippen LogP contribution in [0.4, 0.5) is 22.3 Å². The third kappa shape index (κ3) is 4.56. The molecule has 0 saturated carbocycles. The minimum atomic E-state index is -3.77. The maximum Gasteiger partial charge on any atom is 0.288 e. The zero-order chi connectivity index (χ0) is 23.0. The fourth-order valence-corrected chi connectivity index (χ4v) is 5.25. The van der Waals surface area contributed by atoms with Crippen molar-refractivity contribution in [2.24, 2.45) is 5.14 Å². The van der Waals surface area contributed by atoms with Crippen LogP contribution < -0.4 is 16.2 Å². The minimum absolute atomic E-state index is 0.000132.